The molecule has 0 spiro atoms. The smallest absolute Gasteiger partial charge is 0.341 e. The monoisotopic (exact) mass is 452 g/mol. The van der Waals surface area contributed by atoms with E-state index in [9.17, 15) is 4.79 Å². The lowest BCUT2D eigenvalue weighted by molar-refractivity contribution is 0.0528. The summed E-state index contributed by atoms with van der Waals surface area (Å²) < 4.78 is 5.25. The molecule has 4 nitrogen and oxygen atoms in total. The lowest BCUT2D eigenvalue weighted by atomic mass is 10.1. The number of anilines is 1. The summed E-state index contributed by atoms with van der Waals surface area (Å²) in [6.45, 7) is 6.34. The Morgan fingerprint density at radius 1 is 1.06 bits per heavy atom. The van der Waals surface area contributed by atoms with Gasteiger partial charge in [-0.2, -0.15) is 0 Å². The molecule has 162 valence electrons. The van der Waals surface area contributed by atoms with Crippen molar-refractivity contribution in [3.8, 4) is 0 Å². The number of rotatable bonds is 8. The van der Waals surface area contributed by atoms with Gasteiger partial charge in [-0.25, -0.2) is 4.79 Å². The van der Waals surface area contributed by atoms with Crippen molar-refractivity contribution >= 4 is 39.6 Å². The minimum absolute atomic E-state index is 0.0423. The van der Waals surface area contributed by atoms with Crippen LogP contribution < -0.4 is 10.6 Å². The van der Waals surface area contributed by atoms with Crippen LogP contribution in [0.15, 0.2) is 60.7 Å². The van der Waals surface area contributed by atoms with Gasteiger partial charge in [0.25, 0.3) is 0 Å². The fraction of sp³-hybridized carbons (Fsp3) is 0.280. The summed E-state index contributed by atoms with van der Waals surface area (Å²) in [5.74, 6) is -0.341. The highest BCUT2D eigenvalue weighted by atomic mass is 32.1. The molecule has 0 aliphatic carbocycles. The van der Waals surface area contributed by atoms with E-state index in [-0.39, 0.29) is 12.0 Å². The van der Waals surface area contributed by atoms with Gasteiger partial charge < -0.3 is 15.4 Å². The number of carbonyl (C=O) groups excluding carboxylic acids is 1. The third kappa shape index (κ3) is 6.39. The van der Waals surface area contributed by atoms with Gasteiger partial charge in [-0.15, -0.1) is 11.3 Å². The Hall–Kier alpha value is -2.70. The summed E-state index contributed by atoms with van der Waals surface area (Å²) in [7, 11) is 0. The minimum Gasteiger partial charge on any atom is -0.462 e. The second-order valence-corrected chi connectivity index (χ2v) is 8.80. The molecule has 3 rings (SSSR count). The Labute approximate surface area is 193 Å². The summed E-state index contributed by atoms with van der Waals surface area (Å²) >= 11 is 7.07. The molecule has 1 atom stereocenters. The maximum absolute atomic E-state index is 12.5. The van der Waals surface area contributed by atoms with E-state index in [1.807, 2.05) is 24.3 Å². The molecule has 0 aliphatic rings. The molecular weight excluding hydrogens is 424 g/mol. The molecule has 0 radical (unpaired) electrons. The Balaban J connectivity index is 1.73. The summed E-state index contributed by atoms with van der Waals surface area (Å²) in [6.07, 6.45) is 1.77. The van der Waals surface area contributed by atoms with E-state index in [2.05, 4.69) is 60.9 Å². The number of hydrogen-bond donors (Lipinski definition) is 2. The number of nitrogens with one attached hydrogen (secondary N) is 2. The quantitative estimate of drug-likeness (QED) is 0.318. The van der Waals surface area contributed by atoms with Crippen molar-refractivity contribution < 1.29 is 9.53 Å². The molecule has 6 heteroatoms. The van der Waals surface area contributed by atoms with Crippen molar-refractivity contribution in [2.45, 2.75) is 39.7 Å². The second-order valence-electron chi connectivity index (χ2n) is 7.25. The third-order valence-corrected chi connectivity index (χ3v) is 6.23. The summed E-state index contributed by atoms with van der Waals surface area (Å²) in [5, 5.41) is 7.71. The summed E-state index contributed by atoms with van der Waals surface area (Å²) in [5.41, 5.74) is 4.17. The number of thiocarbonyl (C=S) groups is 1. The van der Waals surface area contributed by atoms with E-state index in [1.54, 1.807) is 6.92 Å². The highest BCUT2D eigenvalue weighted by molar-refractivity contribution is 7.80. The number of hydrogen-bond acceptors (Lipinski definition) is 4. The van der Waals surface area contributed by atoms with E-state index >= 15 is 0 Å². The van der Waals surface area contributed by atoms with Gasteiger partial charge in [-0.05, 0) is 55.2 Å². The summed E-state index contributed by atoms with van der Waals surface area (Å²) in [4.78, 5) is 13.6. The van der Waals surface area contributed by atoms with Crippen LogP contribution in [0.1, 0.15) is 58.7 Å². The molecule has 3 aromatic rings. The molecule has 2 aromatic carbocycles. The van der Waals surface area contributed by atoms with E-state index in [1.165, 1.54) is 22.5 Å². The zero-order valence-corrected chi connectivity index (χ0v) is 19.7. The molecule has 0 bridgehead atoms. The van der Waals surface area contributed by atoms with Crippen molar-refractivity contribution in [2.24, 2.45) is 0 Å². The van der Waals surface area contributed by atoms with Crippen LogP contribution in [-0.2, 0) is 17.6 Å². The van der Waals surface area contributed by atoms with Crippen LogP contribution in [0.4, 0.5) is 5.00 Å². The highest BCUT2D eigenvalue weighted by Gasteiger charge is 2.19. The molecular formula is C25H28N2O2S2. The lowest BCUT2D eigenvalue weighted by Gasteiger charge is -2.17. The first-order chi connectivity index (χ1) is 15.0. The lowest BCUT2D eigenvalue weighted by Crippen LogP contribution is -2.31. The average Bonchev–Trinajstić information content (AvgIpc) is 3.16. The number of ether oxygens (including phenoxy) is 1. The van der Waals surface area contributed by atoms with Crippen molar-refractivity contribution in [2.75, 3.05) is 11.9 Å². The molecule has 0 fully saturated rings. The number of aryl methyl sites for hydroxylation is 1. The van der Waals surface area contributed by atoms with Crippen molar-refractivity contribution in [3.63, 3.8) is 0 Å². The molecule has 0 aliphatic heterocycles. The second kappa shape index (κ2) is 11.1. The fourth-order valence-electron chi connectivity index (χ4n) is 3.24. The Morgan fingerprint density at radius 3 is 2.42 bits per heavy atom. The van der Waals surface area contributed by atoms with E-state index < -0.39 is 0 Å². The number of benzene rings is 2. The van der Waals surface area contributed by atoms with Crippen LogP contribution in [0.3, 0.4) is 0 Å². The van der Waals surface area contributed by atoms with Crippen LogP contribution in [0.2, 0.25) is 0 Å². The minimum atomic E-state index is -0.341. The van der Waals surface area contributed by atoms with Crippen molar-refractivity contribution in [1.82, 2.24) is 5.32 Å². The molecule has 0 saturated carbocycles. The van der Waals surface area contributed by atoms with Crippen LogP contribution in [0.25, 0.3) is 0 Å². The van der Waals surface area contributed by atoms with Crippen molar-refractivity contribution in [1.29, 1.82) is 0 Å². The number of esters is 1. The van der Waals surface area contributed by atoms with Gasteiger partial charge >= 0.3 is 5.97 Å². The predicted octanol–water partition coefficient (Wildman–Crippen LogP) is 6.13. The first-order valence-corrected chi connectivity index (χ1v) is 11.7. The van der Waals surface area contributed by atoms with Crippen LogP contribution >= 0.6 is 23.6 Å². The standard InChI is InChI=1S/C25H28N2O2S2/c1-4-18-11-13-20(14-12-18)17(3)26-25(30)27-23-22(24(28)29-5-2)16-21(31-23)15-19-9-7-6-8-10-19/h6-14,16-17H,4-5,15H2,1-3H3,(H2,26,27,30). The third-order valence-electron chi connectivity index (χ3n) is 4.96. The van der Waals surface area contributed by atoms with Crippen LogP contribution in [0, 0.1) is 0 Å². The molecule has 1 heterocycles. The topological polar surface area (TPSA) is 50.4 Å². The van der Waals surface area contributed by atoms with Gasteiger partial charge in [0.1, 0.15) is 5.00 Å². The fourth-order valence-corrected chi connectivity index (χ4v) is 4.67. The van der Waals surface area contributed by atoms with E-state index in [0.717, 1.165) is 23.3 Å². The Bertz CT molecular complexity index is 1010. The maximum atomic E-state index is 12.5. The SMILES string of the molecule is CCOC(=O)c1cc(Cc2ccccc2)sc1NC(=S)NC(C)c1ccc(CC)cc1. The first-order valence-electron chi connectivity index (χ1n) is 10.5. The first kappa shape index (κ1) is 23.0. The van der Waals surface area contributed by atoms with Gasteiger partial charge in [-0.3, -0.25) is 0 Å². The zero-order chi connectivity index (χ0) is 22.2. The van der Waals surface area contributed by atoms with E-state index in [4.69, 9.17) is 17.0 Å². The van der Waals surface area contributed by atoms with Crippen LogP contribution in [0.5, 0.6) is 0 Å². The normalized spacial score (nSPS) is 11.6. The average molecular weight is 453 g/mol. The van der Waals surface area contributed by atoms with Gasteiger partial charge in [0, 0.05) is 11.3 Å². The molecule has 0 saturated heterocycles. The van der Waals surface area contributed by atoms with Gasteiger partial charge in [-0.1, -0.05) is 61.5 Å². The van der Waals surface area contributed by atoms with Crippen molar-refractivity contribution in [3.05, 3.63) is 87.8 Å². The maximum Gasteiger partial charge on any atom is 0.341 e. The Kier molecular flexibility index (Phi) is 8.20. The van der Waals surface area contributed by atoms with Crippen LogP contribution in [-0.4, -0.2) is 17.7 Å². The van der Waals surface area contributed by atoms with Gasteiger partial charge in [0.05, 0.1) is 18.2 Å². The number of carbonyl (C=O) groups is 1. The molecule has 2 N–H and O–H groups in total. The highest BCUT2D eigenvalue weighted by Crippen LogP contribution is 2.31. The number of thiophene rings is 1. The van der Waals surface area contributed by atoms with E-state index in [0.29, 0.717) is 22.3 Å². The summed E-state index contributed by atoms with van der Waals surface area (Å²) in [6, 6.07) is 20.6. The Morgan fingerprint density at radius 2 is 1.77 bits per heavy atom. The molecule has 1 aromatic heterocycles. The molecule has 0 amide bonds. The zero-order valence-electron chi connectivity index (χ0n) is 18.1. The predicted molar refractivity (Wildman–Crippen MR) is 133 cm³/mol. The van der Waals surface area contributed by atoms with Gasteiger partial charge in [0.15, 0.2) is 5.11 Å². The van der Waals surface area contributed by atoms with Gasteiger partial charge in [0.2, 0.25) is 0 Å². The largest absolute Gasteiger partial charge is 0.462 e. The molecule has 1 unspecified atom stereocenters. The molecule has 31 heavy (non-hydrogen) atoms.